The summed E-state index contributed by atoms with van der Waals surface area (Å²) < 4.78 is 1.27. The number of hydrogen-bond donors (Lipinski definition) is 0. The standard InChI is InChI=1S/C18H14OSe/c19-18(13-20-15-9-2-1-3-10-15)17-12-6-8-14-7-4-5-11-16(14)17/h1-12H,13H2. The van der Waals surface area contributed by atoms with E-state index in [1.165, 1.54) is 4.46 Å². The molecule has 3 aromatic rings. The van der Waals surface area contributed by atoms with Crippen molar-refractivity contribution >= 4 is 36.0 Å². The fraction of sp³-hybridized carbons (Fsp3) is 0.0556. The average Bonchev–Trinajstić information content (AvgIpc) is 2.53. The van der Waals surface area contributed by atoms with Crippen LogP contribution >= 0.6 is 0 Å². The topological polar surface area (TPSA) is 17.1 Å². The molecule has 20 heavy (non-hydrogen) atoms. The van der Waals surface area contributed by atoms with Gasteiger partial charge in [0.05, 0.1) is 0 Å². The van der Waals surface area contributed by atoms with Crippen molar-refractivity contribution in [2.75, 3.05) is 0 Å². The molecule has 0 aliphatic rings. The van der Waals surface area contributed by atoms with E-state index in [1.807, 2.05) is 48.5 Å². The minimum absolute atomic E-state index is 0.204. The van der Waals surface area contributed by atoms with E-state index in [1.54, 1.807) is 0 Å². The third-order valence-electron chi connectivity index (χ3n) is 3.20. The first-order valence-electron chi connectivity index (χ1n) is 6.53. The van der Waals surface area contributed by atoms with Gasteiger partial charge in [-0.2, -0.15) is 0 Å². The predicted octanol–water partition coefficient (Wildman–Crippen LogP) is 3.47. The number of ketones is 1. The number of benzene rings is 3. The van der Waals surface area contributed by atoms with E-state index in [0.717, 1.165) is 16.3 Å². The molecule has 0 N–H and O–H groups in total. The summed E-state index contributed by atoms with van der Waals surface area (Å²) in [6, 6.07) is 24.3. The summed E-state index contributed by atoms with van der Waals surface area (Å²) in [4.78, 5) is 12.4. The van der Waals surface area contributed by atoms with Gasteiger partial charge < -0.3 is 0 Å². The van der Waals surface area contributed by atoms with Crippen LogP contribution in [0.2, 0.25) is 5.32 Å². The Morgan fingerprint density at radius 3 is 2.35 bits per heavy atom. The summed E-state index contributed by atoms with van der Waals surface area (Å²) in [5.41, 5.74) is 0.848. The van der Waals surface area contributed by atoms with Crippen LogP contribution < -0.4 is 4.46 Å². The predicted molar refractivity (Wildman–Crippen MR) is 84.9 cm³/mol. The van der Waals surface area contributed by atoms with Gasteiger partial charge in [-0.1, -0.05) is 0 Å². The van der Waals surface area contributed by atoms with Crippen molar-refractivity contribution in [1.82, 2.24) is 0 Å². The van der Waals surface area contributed by atoms with Crippen molar-refractivity contribution in [2.45, 2.75) is 5.32 Å². The molecule has 0 spiro atoms. The van der Waals surface area contributed by atoms with Crippen LogP contribution in [-0.4, -0.2) is 20.7 Å². The monoisotopic (exact) mass is 326 g/mol. The Morgan fingerprint density at radius 2 is 1.50 bits per heavy atom. The molecule has 0 saturated heterocycles. The van der Waals surface area contributed by atoms with E-state index < -0.39 is 0 Å². The molecule has 0 amide bonds. The third kappa shape index (κ3) is 2.82. The van der Waals surface area contributed by atoms with Crippen LogP contribution in [0.1, 0.15) is 10.4 Å². The van der Waals surface area contributed by atoms with Crippen LogP contribution in [0.15, 0.2) is 72.8 Å². The first-order valence-corrected chi connectivity index (χ1v) is 8.60. The second-order valence-electron chi connectivity index (χ2n) is 4.55. The van der Waals surface area contributed by atoms with Gasteiger partial charge in [0.15, 0.2) is 0 Å². The van der Waals surface area contributed by atoms with Crippen molar-refractivity contribution in [3.8, 4) is 0 Å². The summed E-state index contributed by atoms with van der Waals surface area (Å²) in [6.07, 6.45) is 0. The molecule has 2 heteroatoms. The number of rotatable bonds is 4. The Hall–Kier alpha value is -1.89. The van der Waals surface area contributed by atoms with Crippen molar-refractivity contribution < 1.29 is 4.79 Å². The Bertz CT molecular complexity index is 729. The first-order chi connectivity index (χ1) is 9.84. The van der Waals surface area contributed by atoms with Crippen LogP contribution in [0.4, 0.5) is 0 Å². The van der Waals surface area contributed by atoms with Crippen molar-refractivity contribution in [3.63, 3.8) is 0 Å². The van der Waals surface area contributed by atoms with E-state index in [-0.39, 0.29) is 20.7 Å². The Labute approximate surface area is 124 Å². The molecule has 0 aromatic heterocycles. The zero-order valence-electron chi connectivity index (χ0n) is 11.0. The molecular formula is C18H14OSe. The van der Waals surface area contributed by atoms with E-state index in [9.17, 15) is 4.79 Å². The van der Waals surface area contributed by atoms with Gasteiger partial charge in [-0.3, -0.25) is 0 Å². The fourth-order valence-electron chi connectivity index (χ4n) is 2.21. The van der Waals surface area contributed by atoms with Crippen LogP contribution in [0, 0.1) is 0 Å². The van der Waals surface area contributed by atoms with Gasteiger partial charge in [-0.25, -0.2) is 0 Å². The summed E-state index contributed by atoms with van der Waals surface area (Å²) in [5, 5.41) is 2.81. The maximum atomic E-state index is 12.4. The summed E-state index contributed by atoms with van der Waals surface area (Å²) >= 11 is 0.204. The van der Waals surface area contributed by atoms with Crippen LogP contribution in [-0.2, 0) is 0 Å². The molecule has 0 bridgehead atoms. The molecule has 3 aromatic carbocycles. The quantitative estimate of drug-likeness (QED) is 0.530. The van der Waals surface area contributed by atoms with E-state index in [2.05, 4.69) is 24.3 Å². The number of fused-ring (bicyclic) bond motifs is 1. The van der Waals surface area contributed by atoms with Gasteiger partial charge in [0.2, 0.25) is 0 Å². The van der Waals surface area contributed by atoms with Gasteiger partial charge in [0, 0.05) is 0 Å². The summed E-state index contributed by atoms with van der Waals surface area (Å²) in [7, 11) is 0. The van der Waals surface area contributed by atoms with Gasteiger partial charge in [0.1, 0.15) is 0 Å². The normalized spacial score (nSPS) is 10.6. The third-order valence-corrected chi connectivity index (χ3v) is 5.33. The zero-order chi connectivity index (χ0) is 13.8. The molecule has 0 aliphatic heterocycles. The molecule has 1 nitrogen and oxygen atoms in total. The molecule has 0 radical (unpaired) electrons. The van der Waals surface area contributed by atoms with Gasteiger partial charge in [0.25, 0.3) is 0 Å². The molecule has 0 fully saturated rings. The Kier molecular flexibility index (Phi) is 3.96. The van der Waals surface area contributed by atoms with Gasteiger partial charge >= 0.3 is 124 Å². The molecule has 0 saturated carbocycles. The van der Waals surface area contributed by atoms with Crippen LogP contribution in [0.5, 0.6) is 0 Å². The Morgan fingerprint density at radius 1 is 0.800 bits per heavy atom. The number of carbonyl (C=O) groups excluding carboxylic acids is 1. The molecule has 98 valence electrons. The van der Waals surface area contributed by atoms with Gasteiger partial charge in [-0.15, -0.1) is 0 Å². The maximum absolute atomic E-state index is 12.4. The zero-order valence-corrected chi connectivity index (χ0v) is 12.7. The van der Waals surface area contributed by atoms with Crippen molar-refractivity contribution in [1.29, 1.82) is 0 Å². The number of carbonyl (C=O) groups is 1. The Balaban J connectivity index is 1.82. The van der Waals surface area contributed by atoms with Crippen molar-refractivity contribution in [3.05, 3.63) is 78.4 Å². The molecule has 0 heterocycles. The second-order valence-corrected chi connectivity index (χ2v) is 6.75. The van der Waals surface area contributed by atoms with E-state index in [0.29, 0.717) is 5.32 Å². The van der Waals surface area contributed by atoms with Crippen LogP contribution in [0.3, 0.4) is 0 Å². The number of hydrogen-bond acceptors (Lipinski definition) is 1. The SMILES string of the molecule is O=C(C[Se]c1ccccc1)c1cccc2ccccc12. The average molecular weight is 325 g/mol. The first kappa shape index (κ1) is 13.1. The van der Waals surface area contributed by atoms with E-state index in [4.69, 9.17) is 0 Å². The minimum atomic E-state index is 0.204. The second kappa shape index (κ2) is 6.04. The molecular weight excluding hydrogens is 311 g/mol. The molecule has 3 rings (SSSR count). The molecule has 0 aliphatic carbocycles. The molecule has 0 unspecified atom stereocenters. The van der Waals surface area contributed by atoms with Crippen LogP contribution in [0.25, 0.3) is 10.8 Å². The van der Waals surface area contributed by atoms with Gasteiger partial charge in [-0.05, 0) is 0 Å². The number of Topliss-reactive ketones (excluding diaryl/α,β-unsaturated/α-hetero) is 1. The summed E-state index contributed by atoms with van der Waals surface area (Å²) in [5.74, 6) is 0.241. The summed E-state index contributed by atoms with van der Waals surface area (Å²) in [6.45, 7) is 0. The van der Waals surface area contributed by atoms with Crippen molar-refractivity contribution in [2.24, 2.45) is 0 Å². The molecule has 0 atom stereocenters. The fourth-order valence-corrected chi connectivity index (χ4v) is 3.90. The van der Waals surface area contributed by atoms with E-state index >= 15 is 0 Å².